The van der Waals surface area contributed by atoms with Gasteiger partial charge in [-0.1, -0.05) is 12.1 Å². The lowest BCUT2D eigenvalue weighted by molar-refractivity contribution is -0.136. The zero-order valence-corrected chi connectivity index (χ0v) is 12.2. The van der Waals surface area contributed by atoms with E-state index in [-0.39, 0.29) is 6.54 Å². The van der Waals surface area contributed by atoms with Crippen molar-refractivity contribution in [3.8, 4) is 0 Å². The number of aromatic nitrogens is 2. The van der Waals surface area contributed by atoms with Gasteiger partial charge in [-0.15, -0.1) is 0 Å². The third-order valence-corrected chi connectivity index (χ3v) is 3.28. The molecule has 0 saturated heterocycles. The molecule has 3 rings (SSSR count). The van der Waals surface area contributed by atoms with Gasteiger partial charge in [0.05, 0.1) is 11.2 Å². The molecular formula is C17H14N4O2. The fourth-order valence-corrected chi connectivity index (χ4v) is 2.16. The summed E-state index contributed by atoms with van der Waals surface area (Å²) in [7, 11) is 0. The molecular weight excluding hydrogens is 292 g/mol. The third kappa shape index (κ3) is 3.49. The monoisotopic (exact) mass is 306 g/mol. The van der Waals surface area contributed by atoms with Gasteiger partial charge in [-0.25, -0.2) is 0 Å². The van der Waals surface area contributed by atoms with Crippen LogP contribution in [0.4, 0.5) is 5.69 Å². The molecule has 2 N–H and O–H groups in total. The Kier molecular flexibility index (Phi) is 4.24. The second-order valence-corrected chi connectivity index (χ2v) is 4.87. The van der Waals surface area contributed by atoms with E-state index in [0.29, 0.717) is 5.69 Å². The van der Waals surface area contributed by atoms with Crippen molar-refractivity contribution in [3.05, 3.63) is 66.6 Å². The van der Waals surface area contributed by atoms with Crippen molar-refractivity contribution < 1.29 is 9.59 Å². The second-order valence-electron chi connectivity index (χ2n) is 4.87. The maximum Gasteiger partial charge on any atom is 0.313 e. The van der Waals surface area contributed by atoms with Crippen molar-refractivity contribution in [2.45, 2.75) is 6.54 Å². The highest BCUT2D eigenvalue weighted by molar-refractivity contribution is 6.40. The summed E-state index contributed by atoms with van der Waals surface area (Å²) in [5.74, 6) is -1.42. The van der Waals surface area contributed by atoms with Crippen molar-refractivity contribution in [2.75, 3.05) is 5.32 Å². The summed E-state index contributed by atoms with van der Waals surface area (Å²) in [4.78, 5) is 32.1. The molecule has 0 fully saturated rings. The zero-order valence-electron chi connectivity index (χ0n) is 12.2. The van der Waals surface area contributed by atoms with Gasteiger partial charge in [0.1, 0.15) is 0 Å². The Morgan fingerprint density at radius 1 is 0.957 bits per heavy atom. The van der Waals surface area contributed by atoms with E-state index in [1.54, 1.807) is 42.9 Å². The number of benzene rings is 1. The summed E-state index contributed by atoms with van der Waals surface area (Å²) in [6.45, 7) is 0.247. The van der Waals surface area contributed by atoms with Gasteiger partial charge in [-0.3, -0.25) is 19.6 Å². The lowest BCUT2D eigenvalue weighted by atomic mass is 10.2. The van der Waals surface area contributed by atoms with E-state index in [2.05, 4.69) is 20.6 Å². The summed E-state index contributed by atoms with van der Waals surface area (Å²) in [5, 5.41) is 5.96. The lowest BCUT2D eigenvalue weighted by Gasteiger charge is -2.08. The maximum absolute atomic E-state index is 12.0. The average Bonchev–Trinajstić information content (AvgIpc) is 2.61. The van der Waals surface area contributed by atoms with Crippen LogP contribution in [0.5, 0.6) is 0 Å². The van der Waals surface area contributed by atoms with E-state index >= 15 is 0 Å². The minimum atomic E-state index is -0.717. The SMILES string of the molecule is O=C(NCc1cccnc1)C(=O)Nc1cccc2ncccc12. The van der Waals surface area contributed by atoms with Gasteiger partial charge in [0.25, 0.3) is 0 Å². The number of nitrogens with one attached hydrogen (secondary N) is 2. The average molecular weight is 306 g/mol. The molecule has 0 saturated carbocycles. The summed E-state index contributed by atoms with van der Waals surface area (Å²) in [6.07, 6.45) is 4.95. The molecule has 0 aliphatic carbocycles. The van der Waals surface area contributed by atoms with Crippen LogP contribution >= 0.6 is 0 Å². The Hall–Kier alpha value is -3.28. The number of amides is 2. The fourth-order valence-electron chi connectivity index (χ4n) is 2.16. The Morgan fingerprint density at radius 3 is 2.65 bits per heavy atom. The van der Waals surface area contributed by atoms with Crippen molar-refractivity contribution in [1.82, 2.24) is 15.3 Å². The zero-order chi connectivity index (χ0) is 16.1. The van der Waals surface area contributed by atoms with Crippen LogP contribution in [0, 0.1) is 0 Å². The highest BCUT2D eigenvalue weighted by atomic mass is 16.2. The van der Waals surface area contributed by atoms with E-state index in [1.165, 1.54) is 0 Å². The van der Waals surface area contributed by atoms with Crippen LogP contribution in [-0.4, -0.2) is 21.8 Å². The van der Waals surface area contributed by atoms with Crippen LogP contribution in [0.2, 0.25) is 0 Å². The van der Waals surface area contributed by atoms with Gasteiger partial charge in [0.2, 0.25) is 0 Å². The first-order valence-corrected chi connectivity index (χ1v) is 7.06. The van der Waals surface area contributed by atoms with Crippen LogP contribution in [-0.2, 0) is 16.1 Å². The number of rotatable bonds is 3. The number of anilines is 1. The Morgan fingerprint density at radius 2 is 1.83 bits per heavy atom. The van der Waals surface area contributed by atoms with E-state index in [0.717, 1.165) is 16.5 Å². The molecule has 2 amide bonds. The number of nitrogens with zero attached hydrogens (tertiary/aromatic N) is 2. The molecule has 2 aromatic heterocycles. The highest BCUT2D eigenvalue weighted by Gasteiger charge is 2.14. The Balaban J connectivity index is 1.67. The van der Waals surface area contributed by atoms with Gasteiger partial charge < -0.3 is 10.6 Å². The van der Waals surface area contributed by atoms with Crippen molar-refractivity contribution in [2.24, 2.45) is 0 Å². The van der Waals surface area contributed by atoms with Crippen molar-refractivity contribution in [1.29, 1.82) is 0 Å². The van der Waals surface area contributed by atoms with Gasteiger partial charge in [-0.05, 0) is 35.9 Å². The molecule has 0 unspecified atom stereocenters. The third-order valence-electron chi connectivity index (χ3n) is 3.28. The molecule has 3 aromatic rings. The van der Waals surface area contributed by atoms with Gasteiger partial charge in [-0.2, -0.15) is 0 Å². The number of carbonyl (C=O) groups is 2. The summed E-state index contributed by atoms with van der Waals surface area (Å²) in [5.41, 5.74) is 2.13. The Bertz CT molecular complexity index is 844. The number of pyridine rings is 2. The summed E-state index contributed by atoms with van der Waals surface area (Å²) < 4.78 is 0. The fraction of sp³-hybridized carbons (Fsp3) is 0.0588. The topological polar surface area (TPSA) is 84.0 Å². The highest BCUT2D eigenvalue weighted by Crippen LogP contribution is 2.20. The molecule has 6 nitrogen and oxygen atoms in total. The molecule has 0 atom stereocenters. The predicted octanol–water partition coefficient (Wildman–Crippen LogP) is 1.88. The van der Waals surface area contributed by atoms with Crippen LogP contribution in [0.3, 0.4) is 0 Å². The van der Waals surface area contributed by atoms with Crippen LogP contribution < -0.4 is 10.6 Å². The van der Waals surface area contributed by atoms with Gasteiger partial charge >= 0.3 is 11.8 Å². The molecule has 0 aliphatic rings. The first kappa shape index (κ1) is 14.6. The quantitative estimate of drug-likeness (QED) is 0.724. The van der Waals surface area contributed by atoms with E-state index in [4.69, 9.17) is 0 Å². The molecule has 114 valence electrons. The summed E-state index contributed by atoms with van der Waals surface area (Å²) in [6, 6.07) is 12.6. The molecule has 0 spiro atoms. The van der Waals surface area contributed by atoms with E-state index in [9.17, 15) is 9.59 Å². The van der Waals surface area contributed by atoms with Crippen LogP contribution in [0.15, 0.2) is 61.1 Å². The van der Waals surface area contributed by atoms with Crippen molar-refractivity contribution in [3.63, 3.8) is 0 Å². The molecule has 0 bridgehead atoms. The second kappa shape index (κ2) is 6.65. The molecule has 0 aliphatic heterocycles. The molecule has 6 heteroatoms. The lowest BCUT2D eigenvalue weighted by Crippen LogP contribution is -2.35. The number of hydrogen-bond acceptors (Lipinski definition) is 4. The number of hydrogen-bond donors (Lipinski definition) is 2. The van der Waals surface area contributed by atoms with Crippen LogP contribution in [0.25, 0.3) is 10.9 Å². The summed E-state index contributed by atoms with van der Waals surface area (Å²) >= 11 is 0. The smallest absolute Gasteiger partial charge is 0.313 e. The van der Waals surface area contributed by atoms with Crippen molar-refractivity contribution >= 4 is 28.4 Å². The minimum absolute atomic E-state index is 0.247. The van der Waals surface area contributed by atoms with E-state index < -0.39 is 11.8 Å². The largest absolute Gasteiger partial charge is 0.344 e. The Labute approximate surface area is 132 Å². The molecule has 23 heavy (non-hydrogen) atoms. The van der Waals surface area contributed by atoms with Gasteiger partial charge in [0, 0.05) is 30.5 Å². The van der Waals surface area contributed by atoms with Gasteiger partial charge in [0.15, 0.2) is 0 Å². The number of carbonyl (C=O) groups excluding carboxylic acids is 2. The first-order valence-electron chi connectivity index (χ1n) is 7.06. The maximum atomic E-state index is 12.0. The molecule has 0 radical (unpaired) electrons. The standard InChI is InChI=1S/C17H14N4O2/c22-16(20-11-12-4-2-8-18-10-12)17(23)21-15-7-1-6-14-13(15)5-3-9-19-14/h1-10H,11H2,(H,20,22)(H,21,23). The first-order chi connectivity index (χ1) is 11.2. The minimum Gasteiger partial charge on any atom is -0.344 e. The predicted molar refractivity (Wildman–Crippen MR) is 86.5 cm³/mol. The molecule has 2 heterocycles. The van der Waals surface area contributed by atoms with Crippen LogP contribution in [0.1, 0.15) is 5.56 Å². The normalized spacial score (nSPS) is 10.3. The molecule has 1 aromatic carbocycles. The van der Waals surface area contributed by atoms with E-state index in [1.807, 2.05) is 18.2 Å². The number of fused-ring (bicyclic) bond motifs is 1.